The van der Waals surface area contributed by atoms with E-state index in [1.165, 1.54) is 64.2 Å². The first-order valence-electron chi connectivity index (χ1n) is 7.12. The van der Waals surface area contributed by atoms with Crippen molar-refractivity contribution in [3.8, 4) is 0 Å². The first-order chi connectivity index (χ1) is 7.86. The molecule has 0 nitrogen and oxygen atoms in total. The average Bonchev–Trinajstić information content (AvgIpc) is 2.33. The molecule has 0 amide bonds. The second-order valence-electron chi connectivity index (χ2n) is 5.40. The third-order valence-corrected chi connectivity index (χ3v) is 3.84. The molecule has 1 radical (unpaired) electrons. The van der Waals surface area contributed by atoms with E-state index < -0.39 is 0 Å². The third kappa shape index (κ3) is 6.22. The Morgan fingerprint density at radius 3 is 1.31 bits per heavy atom. The molecule has 2 heteroatoms. The van der Waals surface area contributed by atoms with Gasteiger partial charge in [0.1, 0.15) is 7.28 Å². The van der Waals surface area contributed by atoms with Gasteiger partial charge in [0.25, 0.3) is 0 Å². The Balaban J connectivity index is 0.000000386. The van der Waals surface area contributed by atoms with Crippen molar-refractivity contribution in [1.29, 1.82) is 0 Å². The highest BCUT2D eigenvalue weighted by Crippen LogP contribution is 2.36. The van der Waals surface area contributed by atoms with Crippen LogP contribution in [-0.4, -0.2) is 19.8 Å². The lowest BCUT2D eigenvalue weighted by Crippen LogP contribution is -2.16. The molecule has 0 unspecified atom stereocenters. The summed E-state index contributed by atoms with van der Waals surface area (Å²) in [7, 11) is 2.72. The summed E-state index contributed by atoms with van der Waals surface area (Å²) in [6, 6.07) is 0. The fourth-order valence-corrected chi connectivity index (χ4v) is 3.04. The van der Waals surface area contributed by atoms with Crippen molar-refractivity contribution in [2.75, 3.05) is 12.5 Å². The minimum Gasteiger partial charge on any atom is -0.169 e. The van der Waals surface area contributed by atoms with Crippen LogP contribution >= 0.6 is 11.8 Å². The largest absolute Gasteiger partial charge is 0.169 e. The predicted molar refractivity (Wildman–Crippen MR) is 78.9 cm³/mol. The first kappa shape index (κ1) is 14.5. The van der Waals surface area contributed by atoms with Crippen molar-refractivity contribution in [2.24, 2.45) is 0 Å². The minimum absolute atomic E-state index is 0.997. The predicted octanol–water partition coefficient (Wildman–Crippen LogP) is 5.18. The number of thioether (sulfide) groups is 1. The zero-order valence-corrected chi connectivity index (χ0v) is 12.0. The Labute approximate surface area is 108 Å². The van der Waals surface area contributed by atoms with Gasteiger partial charge >= 0.3 is 0 Å². The van der Waals surface area contributed by atoms with E-state index in [1.807, 2.05) is 12.5 Å². The van der Waals surface area contributed by atoms with Crippen molar-refractivity contribution in [3.05, 3.63) is 0 Å². The van der Waals surface area contributed by atoms with Crippen molar-refractivity contribution in [3.63, 3.8) is 0 Å². The molecule has 0 aromatic heterocycles. The Hall–Kier alpha value is 0.415. The van der Waals surface area contributed by atoms with Crippen LogP contribution in [-0.2, 0) is 0 Å². The van der Waals surface area contributed by atoms with Crippen LogP contribution in [0.15, 0.2) is 0 Å². The molecule has 2 saturated carbocycles. The van der Waals surface area contributed by atoms with Gasteiger partial charge < -0.3 is 0 Å². The molecule has 0 heterocycles. The van der Waals surface area contributed by atoms with Gasteiger partial charge in [0.2, 0.25) is 0 Å². The van der Waals surface area contributed by atoms with Crippen LogP contribution in [0.1, 0.15) is 64.2 Å². The van der Waals surface area contributed by atoms with Gasteiger partial charge in [-0.25, -0.2) is 0 Å². The normalized spacial score (nSPS) is 23.4. The maximum Gasteiger partial charge on any atom is 0.117 e. The zero-order chi connectivity index (χ0) is 11.6. The number of hydrogen-bond acceptors (Lipinski definition) is 1. The summed E-state index contributed by atoms with van der Waals surface area (Å²) in [6.45, 7) is 0. The Bertz CT molecular complexity index is 133. The van der Waals surface area contributed by atoms with Crippen LogP contribution < -0.4 is 0 Å². The van der Waals surface area contributed by atoms with E-state index >= 15 is 0 Å². The molecule has 0 spiro atoms. The van der Waals surface area contributed by atoms with E-state index in [2.05, 4.69) is 7.28 Å². The summed E-state index contributed by atoms with van der Waals surface area (Å²) in [5.74, 6) is 1.99. The highest BCUT2D eigenvalue weighted by atomic mass is 32.2. The molecule has 2 aliphatic carbocycles. The molecular formula is C14H28BS. The molecule has 2 fully saturated rings. The molecule has 2 rings (SSSR count). The molecule has 0 aliphatic heterocycles. The van der Waals surface area contributed by atoms with Crippen LogP contribution in [0.2, 0.25) is 11.6 Å². The highest BCUT2D eigenvalue weighted by Gasteiger charge is 2.21. The van der Waals surface area contributed by atoms with E-state index in [-0.39, 0.29) is 0 Å². The SMILES string of the molecule is CSC.[B](C1CCCCC1)C1CCCCC1. The van der Waals surface area contributed by atoms with E-state index in [9.17, 15) is 0 Å². The molecule has 0 N–H and O–H groups in total. The summed E-state index contributed by atoms with van der Waals surface area (Å²) >= 11 is 1.75. The third-order valence-electron chi connectivity index (χ3n) is 3.84. The maximum absolute atomic E-state index is 2.72. The fourth-order valence-electron chi connectivity index (χ4n) is 3.04. The monoisotopic (exact) mass is 239 g/mol. The lowest BCUT2D eigenvalue weighted by Gasteiger charge is -2.27. The van der Waals surface area contributed by atoms with Crippen molar-refractivity contribution in [1.82, 2.24) is 0 Å². The Kier molecular flexibility index (Phi) is 8.55. The molecule has 93 valence electrons. The van der Waals surface area contributed by atoms with E-state index in [0.717, 1.165) is 11.6 Å². The quantitative estimate of drug-likeness (QED) is 0.598. The van der Waals surface area contributed by atoms with Crippen LogP contribution in [0, 0.1) is 0 Å². The van der Waals surface area contributed by atoms with Gasteiger partial charge in [-0.15, -0.1) is 0 Å². The zero-order valence-electron chi connectivity index (χ0n) is 11.2. The van der Waals surface area contributed by atoms with Crippen molar-refractivity contribution >= 4 is 19.0 Å². The molecule has 0 aromatic carbocycles. The first-order valence-corrected chi connectivity index (χ1v) is 8.75. The average molecular weight is 239 g/mol. The molecule has 0 saturated heterocycles. The van der Waals surface area contributed by atoms with E-state index in [4.69, 9.17) is 0 Å². The van der Waals surface area contributed by atoms with E-state index in [0.29, 0.717) is 0 Å². The van der Waals surface area contributed by atoms with Gasteiger partial charge in [0.05, 0.1) is 0 Å². The molecule has 0 aromatic rings. The van der Waals surface area contributed by atoms with Crippen LogP contribution in [0.4, 0.5) is 0 Å². The molecule has 0 bridgehead atoms. The Morgan fingerprint density at radius 2 is 1.00 bits per heavy atom. The molecule has 0 atom stereocenters. The maximum atomic E-state index is 2.72. The standard InChI is InChI=1S/C12H22B.C2H6S/c1-3-7-11(8-4-1)13-12-9-5-2-6-10-12;1-3-2/h11-12H,1-10H2;1-2H3. The van der Waals surface area contributed by atoms with Crippen LogP contribution in [0.25, 0.3) is 0 Å². The van der Waals surface area contributed by atoms with Crippen LogP contribution in [0.3, 0.4) is 0 Å². The van der Waals surface area contributed by atoms with Gasteiger partial charge in [-0.1, -0.05) is 75.8 Å². The van der Waals surface area contributed by atoms with Crippen molar-refractivity contribution in [2.45, 2.75) is 75.8 Å². The second-order valence-corrected chi connectivity index (χ2v) is 6.21. The summed E-state index contributed by atoms with van der Waals surface area (Å²) in [5, 5.41) is 0. The number of rotatable bonds is 2. The lowest BCUT2D eigenvalue weighted by atomic mass is 9.48. The van der Waals surface area contributed by atoms with Gasteiger partial charge in [-0.3, -0.25) is 0 Å². The van der Waals surface area contributed by atoms with Gasteiger partial charge in [-0.2, -0.15) is 11.8 Å². The van der Waals surface area contributed by atoms with E-state index in [1.54, 1.807) is 11.8 Å². The fraction of sp³-hybridized carbons (Fsp3) is 1.00. The van der Waals surface area contributed by atoms with Gasteiger partial charge in [0.15, 0.2) is 0 Å². The summed E-state index contributed by atoms with van der Waals surface area (Å²) in [4.78, 5) is 0. The van der Waals surface area contributed by atoms with Gasteiger partial charge in [0, 0.05) is 0 Å². The van der Waals surface area contributed by atoms with Crippen molar-refractivity contribution < 1.29 is 0 Å². The minimum atomic E-state index is 0.997. The smallest absolute Gasteiger partial charge is 0.117 e. The summed E-state index contributed by atoms with van der Waals surface area (Å²) < 4.78 is 0. The molecular weight excluding hydrogens is 211 g/mol. The number of hydrogen-bond donors (Lipinski definition) is 0. The molecule has 2 aliphatic rings. The Morgan fingerprint density at radius 1 is 0.688 bits per heavy atom. The van der Waals surface area contributed by atoms with Crippen LogP contribution in [0.5, 0.6) is 0 Å². The lowest BCUT2D eigenvalue weighted by molar-refractivity contribution is 0.470. The second kappa shape index (κ2) is 9.45. The van der Waals surface area contributed by atoms with Gasteiger partial charge in [-0.05, 0) is 12.5 Å². The summed E-state index contributed by atoms with van der Waals surface area (Å²) in [6.07, 6.45) is 19.0. The highest BCUT2D eigenvalue weighted by molar-refractivity contribution is 7.97. The summed E-state index contributed by atoms with van der Waals surface area (Å²) in [5.41, 5.74) is 0. The topological polar surface area (TPSA) is 0 Å². The molecule has 16 heavy (non-hydrogen) atoms.